The molecule has 0 radical (unpaired) electrons. The molecular weight excluding hydrogens is 377 g/mol. The van der Waals surface area contributed by atoms with Crippen molar-refractivity contribution in [2.75, 3.05) is 7.05 Å². The number of Topliss-reactive ketones (excluding diaryl/α,β-unsaturated/α-hetero) is 1. The van der Waals surface area contributed by atoms with E-state index in [1.165, 1.54) is 19.2 Å². The van der Waals surface area contributed by atoms with E-state index in [1.54, 1.807) is 6.08 Å². The van der Waals surface area contributed by atoms with Crippen LogP contribution in [0.4, 0.5) is 13.2 Å². The summed E-state index contributed by atoms with van der Waals surface area (Å²) in [5.74, 6) is -0.859. The first kappa shape index (κ1) is 18.9. The minimum atomic E-state index is -4.48. The van der Waals surface area contributed by atoms with E-state index in [4.69, 9.17) is 0 Å². The van der Waals surface area contributed by atoms with Crippen molar-refractivity contribution in [3.05, 3.63) is 89.1 Å². The third-order valence-corrected chi connectivity index (χ3v) is 4.98. The number of benzene rings is 3. The molecule has 29 heavy (non-hydrogen) atoms. The summed E-state index contributed by atoms with van der Waals surface area (Å²) in [5, 5.41) is 5.01. The van der Waals surface area contributed by atoms with Crippen molar-refractivity contribution in [2.45, 2.75) is 12.1 Å². The fourth-order valence-electron chi connectivity index (χ4n) is 3.58. The van der Waals surface area contributed by atoms with Crippen LogP contribution >= 0.6 is 0 Å². The number of rotatable bonds is 2. The van der Waals surface area contributed by atoms with E-state index in [0.29, 0.717) is 11.5 Å². The summed E-state index contributed by atoms with van der Waals surface area (Å²) in [7, 11) is 1.51. The summed E-state index contributed by atoms with van der Waals surface area (Å²) in [6, 6.07) is 18.4. The molecule has 3 aromatic carbocycles. The van der Waals surface area contributed by atoms with Gasteiger partial charge in [0.1, 0.15) is 11.8 Å². The predicted octanol–water partition coefficient (Wildman–Crippen LogP) is 5.18. The Bertz CT molecular complexity index is 1160. The number of nitrogens with zero attached hydrogens (tertiary/aromatic N) is 1. The summed E-state index contributed by atoms with van der Waals surface area (Å²) >= 11 is 0. The summed E-state index contributed by atoms with van der Waals surface area (Å²) in [4.78, 5) is 17.2. The van der Waals surface area contributed by atoms with Gasteiger partial charge in [0.15, 0.2) is 5.78 Å². The van der Waals surface area contributed by atoms with Crippen molar-refractivity contribution in [1.29, 1.82) is 0 Å². The van der Waals surface area contributed by atoms with Gasteiger partial charge >= 0.3 is 6.18 Å². The number of aliphatic imine (C=N–C) groups is 1. The van der Waals surface area contributed by atoms with Crippen molar-refractivity contribution in [3.8, 4) is 0 Å². The van der Waals surface area contributed by atoms with E-state index in [1.807, 2.05) is 42.5 Å². The van der Waals surface area contributed by atoms with Gasteiger partial charge in [-0.15, -0.1) is 0 Å². The van der Waals surface area contributed by atoms with Gasteiger partial charge in [-0.25, -0.2) is 0 Å². The molecule has 1 aliphatic rings. The van der Waals surface area contributed by atoms with Crippen LogP contribution in [-0.4, -0.2) is 18.7 Å². The molecule has 3 nitrogen and oxygen atoms in total. The third kappa shape index (κ3) is 3.53. The van der Waals surface area contributed by atoms with E-state index >= 15 is 0 Å². The lowest BCUT2D eigenvalue weighted by atomic mass is 9.93. The molecule has 3 aromatic rings. The molecule has 0 aromatic heterocycles. The van der Waals surface area contributed by atoms with Crippen LogP contribution in [0.25, 0.3) is 16.8 Å². The second kappa shape index (κ2) is 7.20. The number of nitrogens with one attached hydrogen (secondary N) is 1. The van der Waals surface area contributed by atoms with Crippen LogP contribution < -0.4 is 5.32 Å². The average Bonchev–Trinajstić information content (AvgIpc) is 3.03. The van der Waals surface area contributed by atoms with Gasteiger partial charge in [-0.2, -0.15) is 13.2 Å². The van der Waals surface area contributed by atoms with Crippen LogP contribution in [-0.2, 0) is 11.0 Å². The van der Waals surface area contributed by atoms with Crippen LogP contribution in [0.15, 0.2) is 77.4 Å². The Kier molecular flexibility index (Phi) is 4.70. The van der Waals surface area contributed by atoms with Gasteiger partial charge in [-0.1, -0.05) is 60.7 Å². The molecule has 0 amide bonds. The molecule has 1 unspecified atom stereocenters. The number of carbonyl (C=O) groups is 1. The molecular formula is C23H17F3N2O. The zero-order chi connectivity index (χ0) is 20.6. The summed E-state index contributed by atoms with van der Waals surface area (Å²) in [6.45, 7) is 0. The van der Waals surface area contributed by atoms with Crippen LogP contribution in [0.1, 0.15) is 22.6 Å². The molecule has 0 aliphatic carbocycles. The molecule has 1 atom stereocenters. The molecule has 0 bridgehead atoms. The van der Waals surface area contributed by atoms with Crippen LogP contribution in [0.5, 0.6) is 0 Å². The van der Waals surface area contributed by atoms with Crippen molar-refractivity contribution in [3.63, 3.8) is 0 Å². The molecule has 146 valence electrons. The van der Waals surface area contributed by atoms with E-state index < -0.39 is 17.7 Å². The van der Waals surface area contributed by atoms with Crippen molar-refractivity contribution >= 4 is 28.5 Å². The molecule has 1 saturated heterocycles. The van der Waals surface area contributed by atoms with E-state index in [-0.39, 0.29) is 11.3 Å². The summed E-state index contributed by atoms with van der Waals surface area (Å²) < 4.78 is 39.3. The first-order valence-corrected chi connectivity index (χ1v) is 9.03. The second-order valence-corrected chi connectivity index (χ2v) is 6.78. The Morgan fingerprint density at radius 2 is 1.72 bits per heavy atom. The third-order valence-electron chi connectivity index (χ3n) is 4.98. The van der Waals surface area contributed by atoms with Gasteiger partial charge in [-0.05, 0) is 34.0 Å². The van der Waals surface area contributed by atoms with Crippen molar-refractivity contribution in [1.82, 2.24) is 5.32 Å². The fraction of sp³-hybridized carbons (Fsp3) is 0.130. The SMILES string of the molecule is CN=C1NC(=Cc2cccc3ccccc23)C(=O)C1c1cccc(C(F)(F)F)c1. The van der Waals surface area contributed by atoms with Gasteiger partial charge in [0.2, 0.25) is 0 Å². The topological polar surface area (TPSA) is 41.5 Å². The molecule has 6 heteroatoms. The first-order chi connectivity index (χ1) is 13.9. The van der Waals surface area contributed by atoms with Crippen LogP contribution in [0, 0.1) is 0 Å². The highest BCUT2D eigenvalue weighted by molar-refractivity contribution is 6.24. The number of halogens is 3. The minimum Gasteiger partial charge on any atom is -0.340 e. The Balaban J connectivity index is 1.76. The monoisotopic (exact) mass is 394 g/mol. The molecule has 0 saturated carbocycles. The van der Waals surface area contributed by atoms with E-state index in [2.05, 4.69) is 10.3 Å². The Morgan fingerprint density at radius 1 is 1.00 bits per heavy atom. The number of ketones is 1. The lowest BCUT2D eigenvalue weighted by Crippen LogP contribution is -2.19. The number of carbonyl (C=O) groups excluding carboxylic acids is 1. The maximum absolute atomic E-state index is 13.1. The predicted molar refractivity (Wildman–Crippen MR) is 108 cm³/mol. The minimum absolute atomic E-state index is 0.263. The van der Waals surface area contributed by atoms with Gasteiger partial charge in [0.05, 0.1) is 11.3 Å². The smallest absolute Gasteiger partial charge is 0.340 e. The molecule has 1 N–H and O–H groups in total. The number of alkyl halides is 3. The molecule has 1 heterocycles. The Labute approximate surface area is 165 Å². The van der Waals surface area contributed by atoms with Crippen molar-refractivity contribution < 1.29 is 18.0 Å². The van der Waals surface area contributed by atoms with Gasteiger partial charge in [0.25, 0.3) is 0 Å². The zero-order valence-electron chi connectivity index (χ0n) is 15.5. The largest absolute Gasteiger partial charge is 0.416 e. The van der Waals surface area contributed by atoms with Crippen LogP contribution in [0.3, 0.4) is 0 Å². The summed E-state index contributed by atoms with van der Waals surface area (Å²) in [5.41, 5.74) is 0.632. The van der Waals surface area contributed by atoms with Crippen LogP contribution in [0.2, 0.25) is 0 Å². The number of allylic oxidation sites excluding steroid dienone is 1. The molecule has 1 fully saturated rings. The highest BCUT2D eigenvalue weighted by atomic mass is 19.4. The highest BCUT2D eigenvalue weighted by Crippen LogP contribution is 2.34. The second-order valence-electron chi connectivity index (χ2n) is 6.78. The quantitative estimate of drug-likeness (QED) is 0.608. The number of hydrogen-bond acceptors (Lipinski definition) is 2. The van der Waals surface area contributed by atoms with Gasteiger partial charge in [0, 0.05) is 7.05 Å². The number of amidine groups is 1. The maximum atomic E-state index is 13.1. The Morgan fingerprint density at radius 3 is 2.48 bits per heavy atom. The zero-order valence-corrected chi connectivity index (χ0v) is 15.5. The van der Waals surface area contributed by atoms with Gasteiger partial charge < -0.3 is 5.32 Å². The number of hydrogen-bond donors (Lipinski definition) is 1. The lowest BCUT2D eigenvalue weighted by molar-refractivity contribution is -0.137. The molecule has 1 aliphatic heterocycles. The lowest BCUT2D eigenvalue weighted by Gasteiger charge is -2.12. The standard InChI is InChI=1S/C23H17F3N2O/c1-27-22-20(16-9-5-10-17(12-16)23(24,25)26)21(29)19(28-22)13-15-8-4-7-14-6-2-3-11-18(14)15/h2-13,20H,1H3,(H,27,28). The maximum Gasteiger partial charge on any atom is 0.416 e. The van der Waals surface area contributed by atoms with E-state index in [9.17, 15) is 18.0 Å². The van der Waals surface area contributed by atoms with Crippen molar-refractivity contribution in [2.24, 2.45) is 4.99 Å². The normalized spacial score (nSPS) is 19.9. The fourth-order valence-corrected chi connectivity index (χ4v) is 3.58. The summed E-state index contributed by atoms with van der Waals surface area (Å²) in [6.07, 6.45) is -2.75. The number of fused-ring (bicyclic) bond motifs is 1. The average molecular weight is 394 g/mol. The first-order valence-electron chi connectivity index (χ1n) is 9.03. The molecule has 0 spiro atoms. The molecule has 4 rings (SSSR count). The van der Waals surface area contributed by atoms with E-state index in [0.717, 1.165) is 28.5 Å². The highest BCUT2D eigenvalue weighted by Gasteiger charge is 2.38. The van der Waals surface area contributed by atoms with Gasteiger partial charge in [-0.3, -0.25) is 9.79 Å². The Hall–Kier alpha value is -3.41.